The molecule has 0 aromatic heterocycles. The average molecular weight is 465 g/mol. The predicted octanol–water partition coefficient (Wildman–Crippen LogP) is 4.62. The van der Waals surface area contributed by atoms with Crippen LogP contribution in [0.15, 0.2) is 42.0 Å². The number of rotatable bonds is 6. The summed E-state index contributed by atoms with van der Waals surface area (Å²) in [7, 11) is 0. The number of ether oxygens (including phenoxy) is 2. The molecular weight excluding hydrogens is 447 g/mol. The normalized spacial score (nSPS) is 15.4. The SMILES string of the molecule is CCOc1ccc(/C=C2\C(=O)NC(=S)N(c3ccc(Cl)cc3Cl)C2=O)c(OCC)c1. The highest BCUT2D eigenvalue weighted by Gasteiger charge is 2.35. The quantitative estimate of drug-likeness (QED) is 0.383. The third kappa shape index (κ3) is 4.59. The molecule has 0 spiro atoms. The number of thiocarbonyl (C=S) groups is 1. The molecule has 0 saturated carbocycles. The molecule has 1 aliphatic heterocycles. The lowest BCUT2D eigenvalue weighted by molar-refractivity contribution is -0.122. The van der Waals surface area contributed by atoms with E-state index in [-0.39, 0.29) is 15.7 Å². The maximum Gasteiger partial charge on any atom is 0.270 e. The molecule has 3 rings (SSSR count). The summed E-state index contributed by atoms with van der Waals surface area (Å²) in [5, 5.41) is 3.10. The minimum atomic E-state index is -0.609. The van der Waals surface area contributed by atoms with Gasteiger partial charge in [0.25, 0.3) is 11.8 Å². The van der Waals surface area contributed by atoms with Crippen LogP contribution in [-0.4, -0.2) is 30.1 Å². The van der Waals surface area contributed by atoms with Gasteiger partial charge >= 0.3 is 0 Å². The van der Waals surface area contributed by atoms with E-state index in [9.17, 15) is 9.59 Å². The fourth-order valence-corrected chi connectivity index (χ4v) is 3.63. The number of halogens is 2. The molecule has 9 heteroatoms. The van der Waals surface area contributed by atoms with Crippen molar-refractivity contribution in [3.63, 3.8) is 0 Å². The Balaban J connectivity index is 2.04. The summed E-state index contributed by atoms with van der Waals surface area (Å²) in [6.45, 7) is 4.62. The van der Waals surface area contributed by atoms with Crippen molar-refractivity contribution in [3.8, 4) is 11.5 Å². The Labute approximate surface area is 189 Å². The zero-order valence-corrected chi connectivity index (χ0v) is 18.5. The molecule has 2 aromatic carbocycles. The molecule has 0 atom stereocenters. The standard InChI is InChI=1S/C21H18Cl2N2O4S/c1-3-28-14-7-5-12(18(11-14)29-4-2)9-15-19(26)24-21(30)25(20(15)27)17-8-6-13(22)10-16(17)23/h5-11H,3-4H2,1-2H3,(H,24,26,30)/b15-9+. The lowest BCUT2D eigenvalue weighted by Gasteiger charge is -2.29. The lowest BCUT2D eigenvalue weighted by Crippen LogP contribution is -2.54. The van der Waals surface area contributed by atoms with Crippen molar-refractivity contribution < 1.29 is 19.1 Å². The molecule has 0 bridgehead atoms. The van der Waals surface area contributed by atoms with Gasteiger partial charge in [-0.15, -0.1) is 0 Å². The van der Waals surface area contributed by atoms with E-state index >= 15 is 0 Å². The lowest BCUT2D eigenvalue weighted by atomic mass is 10.1. The fraction of sp³-hybridized carbons (Fsp3) is 0.190. The van der Waals surface area contributed by atoms with Gasteiger partial charge in [0.15, 0.2) is 5.11 Å². The summed E-state index contributed by atoms with van der Waals surface area (Å²) in [4.78, 5) is 26.9. The number of anilines is 1. The molecule has 1 heterocycles. The highest BCUT2D eigenvalue weighted by molar-refractivity contribution is 7.80. The third-order valence-corrected chi connectivity index (χ3v) is 4.97. The van der Waals surface area contributed by atoms with Crippen molar-refractivity contribution in [1.29, 1.82) is 0 Å². The first kappa shape index (κ1) is 22.1. The van der Waals surface area contributed by atoms with E-state index in [1.165, 1.54) is 12.1 Å². The van der Waals surface area contributed by atoms with Crippen molar-refractivity contribution in [1.82, 2.24) is 5.32 Å². The number of amides is 2. The zero-order valence-electron chi connectivity index (χ0n) is 16.2. The second-order valence-corrected chi connectivity index (χ2v) is 7.35. The number of carbonyl (C=O) groups excluding carboxylic acids is 2. The minimum absolute atomic E-state index is 0.0666. The van der Waals surface area contributed by atoms with Gasteiger partial charge in [-0.25, -0.2) is 0 Å². The molecular formula is C21H18Cl2N2O4S. The Bertz CT molecular complexity index is 1060. The highest BCUT2D eigenvalue weighted by atomic mass is 35.5. The molecule has 0 radical (unpaired) electrons. The van der Waals surface area contributed by atoms with E-state index in [4.69, 9.17) is 44.9 Å². The number of nitrogens with one attached hydrogen (secondary N) is 1. The van der Waals surface area contributed by atoms with E-state index in [0.717, 1.165) is 4.90 Å². The largest absolute Gasteiger partial charge is 0.494 e. The van der Waals surface area contributed by atoms with E-state index in [1.807, 2.05) is 13.8 Å². The molecule has 1 fully saturated rings. The molecule has 2 amide bonds. The first-order valence-corrected chi connectivity index (χ1v) is 10.3. The van der Waals surface area contributed by atoms with Crippen LogP contribution < -0.4 is 19.7 Å². The topological polar surface area (TPSA) is 67.9 Å². The van der Waals surface area contributed by atoms with E-state index in [2.05, 4.69) is 5.32 Å². The summed E-state index contributed by atoms with van der Waals surface area (Å²) in [6.07, 6.45) is 1.46. The van der Waals surface area contributed by atoms with E-state index < -0.39 is 11.8 Å². The van der Waals surface area contributed by atoms with Crippen LogP contribution in [0.3, 0.4) is 0 Å². The summed E-state index contributed by atoms with van der Waals surface area (Å²) in [5.74, 6) is -0.106. The van der Waals surface area contributed by atoms with Crippen LogP contribution in [0.2, 0.25) is 10.0 Å². The molecule has 1 N–H and O–H groups in total. The van der Waals surface area contributed by atoms with Crippen LogP contribution in [0.5, 0.6) is 11.5 Å². The molecule has 6 nitrogen and oxygen atoms in total. The summed E-state index contributed by atoms with van der Waals surface area (Å²) in [5.41, 5.74) is 0.757. The molecule has 30 heavy (non-hydrogen) atoms. The third-order valence-electron chi connectivity index (χ3n) is 4.15. The average Bonchev–Trinajstić information content (AvgIpc) is 2.68. The smallest absolute Gasteiger partial charge is 0.270 e. The van der Waals surface area contributed by atoms with Crippen molar-refractivity contribution in [2.75, 3.05) is 18.1 Å². The Morgan fingerprint density at radius 3 is 2.47 bits per heavy atom. The van der Waals surface area contributed by atoms with Crippen molar-refractivity contribution in [2.24, 2.45) is 0 Å². The van der Waals surface area contributed by atoms with Gasteiger partial charge in [0.1, 0.15) is 17.1 Å². The van der Waals surface area contributed by atoms with Gasteiger partial charge in [0.2, 0.25) is 0 Å². The van der Waals surface area contributed by atoms with Crippen LogP contribution in [-0.2, 0) is 9.59 Å². The van der Waals surface area contributed by atoms with Gasteiger partial charge < -0.3 is 9.47 Å². The van der Waals surface area contributed by atoms with Gasteiger partial charge in [-0.05, 0) is 62.5 Å². The minimum Gasteiger partial charge on any atom is -0.494 e. The monoisotopic (exact) mass is 464 g/mol. The Morgan fingerprint density at radius 1 is 1.07 bits per heavy atom. The molecule has 2 aromatic rings. The molecule has 156 valence electrons. The van der Waals surface area contributed by atoms with Crippen LogP contribution in [0.1, 0.15) is 19.4 Å². The number of benzene rings is 2. The van der Waals surface area contributed by atoms with E-state index in [1.54, 1.807) is 30.3 Å². The van der Waals surface area contributed by atoms with Crippen LogP contribution in [0.4, 0.5) is 5.69 Å². The Morgan fingerprint density at radius 2 is 1.80 bits per heavy atom. The summed E-state index contributed by atoms with van der Waals surface area (Å²) >= 11 is 17.4. The van der Waals surface area contributed by atoms with Crippen molar-refractivity contribution >= 4 is 64.1 Å². The predicted molar refractivity (Wildman–Crippen MR) is 121 cm³/mol. The number of hydrogen-bond acceptors (Lipinski definition) is 5. The highest BCUT2D eigenvalue weighted by Crippen LogP contribution is 2.33. The number of carbonyl (C=O) groups is 2. The van der Waals surface area contributed by atoms with Gasteiger partial charge in [0, 0.05) is 16.7 Å². The summed E-state index contributed by atoms with van der Waals surface area (Å²) < 4.78 is 11.2. The van der Waals surface area contributed by atoms with Crippen molar-refractivity contribution in [3.05, 3.63) is 57.6 Å². The van der Waals surface area contributed by atoms with Crippen LogP contribution in [0.25, 0.3) is 6.08 Å². The first-order valence-electron chi connectivity index (χ1n) is 9.11. The van der Waals surface area contributed by atoms with Gasteiger partial charge in [-0.2, -0.15) is 0 Å². The fourth-order valence-electron chi connectivity index (χ4n) is 2.87. The van der Waals surface area contributed by atoms with Gasteiger partial charge in [-0.3, -0.25) is 19.8 Å². The van der Waals surface area contributed by atoms with Gasteiger partial charge in [-0.1, -0.05) is 23.2 Å². The molecule has 0 unspecified atom stereocenters. The molecule has 0 aliphatic carbocycles. The second-order valence-electron chi connectivity index (χ2n) is 6.12. The molecule has 1 aliphatic rings. The zero-order chi connectivity index (χ0) is 21.8. The van der Waals surface area contributed by atoms with Crippen molar-refractivity contribution in [2.45, 2.75) is 13.8 Å². The van der Waals surface area contributed by atoms with E-state index in [0.29, 0.717) is 41.0 Å². The summed E-state index contributed by atoms with van der Waals surface area (Å²) in [6, 6.07) is 9.81. The second kappa shape index (κ2) is 9.47. The molecule has 1 saturated heterocycles. The Hall–Kier alpha value is -2.61. The van der Waals surface area contributed by atoms with Gasteiger partial charge in [0.05, 0.1) is 23.9 Å². The van der Waals surface area contributed by atoms with Crippen LogP contribution in [0, 0.1) is 0 Å². The Kier molecular flexibility index (Phi) is 6.97. The number of nitrogens with zero attached hydrogens (tertiary/aromatic N) is 1. The van der Waals surface area contributed by atoms with Crippen LogP contribution >= 0.6 is 35.4 Å². The number of hydrogen-bond donors (Lipinski definition) is 1. The first-order chi connectivity index (χ1) is 14.3. The maximum atomic E-state index is 13.2. The maximum absolute atomic E-state index is 13.2.